The van der Waals surface area contributed by atoms with Crippen molar-refractivity contribution in [3.05, 3.63) is 59.9 Å². The third kappa shape index (κ3) is 4.59. The van der Waals surface area contributed by atoms with Crippen molar-refractivity contribution in [2.75, 3.05) is 12.4 Å². The molecule has 0 bridgehead atoms. The Morgan fingerprint density at radius 2 is 2.00 bits per heavy atom. The van der Waals surface area contributed by atoms with Crippen LogP contribution in [-0.2, 0) is 16.1 Å². The molecule has 1 aromatic heterocycles. The number of aromatic nitrogens is 1. The summed E-state index contributed by atoms with van der Waals surface area (Å²) in [6, 6.07) is 13.5. The predicted molar refractivity (Wildman–Crippen MR) is 98.6 cm³/mol. The molecule has 0 radical (unpaired) electrons. The fourth-order valence-corrected chi connectivity index (χ4v) is 3.24. The van der Waals surface area contributed by atoms with E-state index in [0.29, 0.717) is 12.2 Å². The Morgan fingerprint density at radius 3 is 2.77 bits per heavy atom. The van der Waals surface area contributed by atoms with Crippen LogP contribution in [-0.4, -0.2) is 30.0 Å². The Balaban J connectivity index is 1.56. The number of nitrogens with one attached hydrogen (secondary N) is 2. The second-order valence-corrected chi connectivity index (χ2v) is 6.47. The van der Waals surface area contributed by atoms with Crippen LogP contribution >= 0.6 is 0 Å². The fourth-order valence-electron chi connectivity index (χ4n) is 3.24. The molecule has 0 saturated heterocycles. The number of pyridine rings is 1. The minimum atomic E-state index is -0.212. The maximum Gasteiger partial charge on any atom is 0.308 e. The number of carbonyl (C=O) groups excluding carboxylic acids is 2. The predicted octanol–water partition coefficient (Wildman–Crippen LogP) is 2.77. The van der Waals surface area contributed by atoms with Crippen LogP contribution in [0.5, 0.6) is 0 Å². The van der Waals surface area contributed by atoms with Crippen LogP contribution in [0.3, 0.4) is 0 Å². The molecule has 2 atom stereocenters. The summed E-state index contributed by atoms with van der Waals surface area (Å²) in [6.07, 6.45) is 4.08. The lowest BCUT2D eigenvalue weighted by Crippen LogP contribution is -2.24. The van der Waals surface area contributed by atoms with Crippen LogP contribution < -0.4 is 10.6 Å². The van der Waals surface area contributed by atoms with E-state index in [4.69, 9.17) is 4.74 Å². The maximum absolute atomic E-state index is 12.3. The average molecular weight is 353 g/mol. The summed E-state index contributed by atoms with van der Waals surface area (Å²) in [5, 5.41) is 6.27. The van der Waals surface area contributed by atoms with Gasteiger partial charge in [0, 0.05) is 24.5 Å². The molecule has 2 aromatic rings. The first-order chi connectivity index (χ1) is 12.7. The van der Waals surface area contributed by atoms with E-state index < -0.39 is 0 Å². The van der Waals surface area contributed by atoms with Crippen LogP contribution in [0.1, 0.15) is 35.3 Å². The lowest BCUT2D eigenvalue weighted by atomic mass is 10.1. The van der Waals surface area contributed by atoms with Gasteiger partial charge in [-0.15, -0.1) is 0 Å². The Morgan fingerprint density at radius 1 is 1.19 bits per heavy atom. The molecule has 1 aromatic carbocycles. The van der Waals surface area contributed by atoms with Crippen molar-refractivity contribution < 1.29 is 14.3 Å². The summed E-state index contributed by atoms with van der Waals surface area (Å²) >= 11 is 0. The minimum absolute atomic E-state index is 0.0482. The Bertz CT molecular complexity index is 764. The summed E-state index contributed by atoms with van der Waals surface area (Å²) in [7, 11) is 1.42. The monoisotopic (exact) mass is 353 g/mol. The number of amides is 1. The van der Waals surface area contributed by atoms with Gasteiger partial charge in [-0.1, -0.05) is 30.3 Å². The molecule has 6 nitrogen and oxygen atoms in total. The van der Waals surface area contributed by atoms with Crippen LogP contribution in [0.4, 0.5) is 5.69 Å². The first-order valence-electron chi connectivity index (χ1n) is 8.78. The molecule has 0 spiro atoms. The fraction of sp³-hybridized carbons (Fsp3) is 0.350. The second-order valence-electron chi connectivity index (χ2n) is 6.47. The van der Waals surface area contributed by atoms with Crippen LogP contribution in [0.2, 0.25) is 0 Å². The Labute approximate surface area is 153 Å². The van der Waals surface area contributed by atoms with Gasteiger partial charge in [0.25, 0.3) is 5.91 Å². The molecule has 136 valence electrons. The van der Waals surface area contributed by atoms with E-state index in [1.807, 2.05) is 36.4 Å². The van der Waals surface area contributed by atoms with E-state index in [0.717, 1.165) is 30.5 Å². The van der Waals surface area contributed by atoms with Gasteiger partial charge in [-0.2, -0.15) is 0 Å². The SMILES string of the molecule is COC(=O)[C@H]1CC[C@@H](Nc2ccnc(C(=O)NCc3ccccc3)c2)C1. The minimum Gasteiger partial charge on any atom is -0.469 e. The van der Waals surface area contributed by atoms with Gasteiger partial charge >= 0.3 is 5.97 Å². The summed E-state index contributed by atoms with van der Waals surface area (Å²) < 4.78 is 4.82. The lowest BCUT2D eigenvalue weighted by Gasteiger charge is -2.15. The summed E-state index contributed by atoms with van der Waals surface area (Å²) in [5.74, 6) is -0.408. The van der Waals surface area contributed by atoms with E-state index in [1.54, 1.807) is 12.3 Å². The zero-order valence-electron chi connectivity index (χ0n) is 14.8. The maximum atomic E-state index is 12.3. The average Bonchev–Trinajstić information content (AvgIpc) is 3.15. The van der Waals surface area contributed by atoms with E-state index in [9.17, 15) is 9.59 Å². The Hall–Kier alpha value is -2.89. The molecule has 1 saturated carbocycles. The summed E-state index contributed by atoms with van der Waals surface area (Å²) in [5.41, 5.74) is 2.24. The number of ether oxygens (including phenoxy) is 1. The molecular formula is C20H23N3O3. The second kappa shape index (κ2) is 8.47. The molecule has 1 amide bonds. The van der Waals surface area contributed by atoms with Crippen molar-refractivity contribution in [1.29, 1.82) is 0 Å². The first-order valence-corrected chi connectivity index (χ1v) is 8.78. The zero-order valence-corrected chi connectivity index (χ0v) is 14.8. The number of esters is 1. The number of hydrogen-bond acceptors (Lipinski definition) is 5. The van der Waals surface area contributed by atoms with Gasteiger partial charge < -0.3 is 15.4 Å². The van der Waals surface area contributed by atoms with Crippen molar-refractivity contribution in [3.8, 4) is 0 Å². The highest BCUT2D eigenvalue weighted by atomic mass is 16.5. The number of methoxy groups -OCH3 is 1. The molecule has 6 heteroatoms. The largest absolute Gasteiger partial charge is 0.469 e. The third-order valence-electron chi connectivity index (χ3n) is 4.63. The zero-order chi connectivity index (χ0) is 18.4. The van der Waals surface area contributed by atoms with E-state index in [1.165, 1.54) is 7.11 Å². The van der Waals surface area contributed by atoms with E-state index >= 15 is 0 Å². The molecule has 26 heavy (non-hydrogen) atoms. The number of anilines is 1. The van der Waals surface area contributed by atoms with Gasteiger partial charge in [0.05, 0.1) is 13.0 Å². The number of carbonyl (C=O) groups is 2. The first kappa shape index (κ1) is 17.9. The van der Waals surface area contributed by atoms with Gasteiger partial charge in [0.1, 0.15) is 5.69 Å². The quantitative estimate of drug-likeness (QED) is 0.781. The van der Waals surface area contributed by atoms with Crippen LogP contribution in [0.25, 0.3) is 0 Å². The highest BCUT2D eigenvalue weighted by Gasteiger charge is 2.30. The highest BCUT2D eigenvalue weighted by molar-refractivity contribution is 5.93. The molecule has 3 rings (SSSR count). The molecule has 1 heterocycles. The smallest absolute Gasteiger partial charge is 0.308 e. The number of hydrogen-bond donors (Lipinski definition) is 2. The normalized spacial score (nSPS) is 19.0. The van der Waals surface area contributed by atoms with Crippen molar-refractivity contribution in [1.82, 2.24) is 10.3 Å². The standard InChI is InChI=1S/C20H23N3O3/c1-26-20(25)15-7-8-16(11-15)23-17-9-10-21-18(12-17)19(24)22-13-14-5-3-2-4-6-14/h2-6,9-10,12,15-16H,7-8,11,13H2,1H3,(H,21,23)(H,22,24)/t15-,16+/m0/s1. The van der Waals surface area contributed by atoms with E-state index in [2.05, 4.69) is 15.6 Å². The van der Waals surface area contributed by atoms with Crippen molar-refractivity contribution in [3.63, 3.8) is 0 Å². The van der Waals surface area contributed by atoms with Gasteiger partial charge in [0.2, 0.25) is 0 Å². The van der Waals surface area contributed by atoms with Crippen molar-refractivity contribution in [2.45, 2.75) is 31.8 Å². The summed E-state index contributed by atoms with van der Waals surface area (Å²) in [4.78, 5) is 28.1. The van der Waals surface area contributed by atoms with Crippen LogP contribution in [0.15, 0.2) is 48.7 Å². The molecule has 1 aliphatic carbocycles. The topological polar surface area (TPSA) is 80.3 Å². The van der Waals surface area contributed by atoms with Crippen molar-refractivity contribution in [2.24, 2.45) is 5.92 Å². The number of benzene rings is 1. The number of rotatable bonds is 6. The van der Waals surface area contributed by atoms with Gasteiger partial charge in [-0.05, 0) is 37.0 Å². The highest BCUT2D eigenvalue weighted by Crippen LogP contribution is 2.29. The summed E-state index contributed by atoms with van der Waals surface area (Å²) in [6.45, 7) is 0.461. The third-order valence-corrected chi connectivity index (χ3v) is 4.63. The van der Waals surface area contributed by atoms with Gasteiger partial charge in [-0.25, -0.2) is 0 Å². The van der Waals surface area contributed by atoms with Gasteiger partial charge in [-0.3, -0.25) is 14.6 Å². The molecule has 0 aliphatic heterocycles. The lowest BCUT2D eigenvalue weighted by molar-refractivity contribution is -0.145. The Kier molecular flexibility index (Phi) is 5.84. The molecule has 0 unspecified atom stereocenters. The molecule has 2 N–H and O–H groups in total. The molecular weight excluding hydrogens is 330 g/mol. The molecule has 1 aliphatic rings. The van der Waals surface area contributed by atoms with Crippen molar-refractivity contribution >= 4 is 17.6 Å². The van der Waals surface area contributed by atoms with Crippen LogP contribution in [0, 0.1) is 5.92 Å². The molecule has 1 fully saturated rings. The van der Waals surface area contributed by atoms with Gasteiger partial charge in [0.15, 0.2) is 0 Å². The number of nitrogens with zero attached hydrogens (tertiary/aromatic N) is 1. The van der Waals surface area contributed by atoms with E-state index in [-0.39, 0.29) is 23.8 Å².